The quantitative estimate of drug-likeness (QED) is 0.837. The van der Waals surface area contributed by atoms with E-state index in [-0.39, 0.29) is 0 Å². The number of ether oxygens (including phenoxy) is 1. The number of hydrogen-bond acceptors (Lipinski definition) is 3. The van der Waals surface area contributed by atoms with Crippen LogP contribution in [0.25, 0.3) is 11.3 Å². The van der Waals surface area contributed by atoms with Crippen molar-refractivity contribution < 1.29 is 4.74 Å². The lowest BCUT2D eigenvalue weighted by Gasteiger charge is -2.06. The third-order valence-corrected chi connectivity index (χ3v) is 2.44. The van der Waals surface area contributed by atoms with Crippen molar-refractivity contribution in [3.63, 3.8) is 0 Å². The Bertz CT molecular complexity index is 456. The lowest BCUT2D eigenvalue weighted by atomic mass is 10.1. The van der Waals surface area contributed by atoms with Crippen LogP contribution in [0.1, 0.15) is 0 Å². The molecule has 0 radical (unpaired) electrons. The first-order valence-electron chi connectivity index (χ1n) is 4.44. The Morgan fingerprint density at radius 3 is 2.53 bits per heavy atom. The Balaban J connectivity index is 2.49. The van der Waals surface area contributed by atoms with Gasteiger partial charge < -0.3 is 4.74 Å². The summed E-state index contributed by atoms with van der Waals surface area (Å²) in [5, 5.41) is 8.02. The summed E-state index contributed by atoms with van der Waals surface area (Å²) in [4.78, 5) is 0. The molecule has 0 unspecified atom stereocenters. The SMILES string of the molecule is COc1ccccc1-c1ccc(Br)nn1. The monoisotopic (exact) mass is 264 g/mol. The third-order valence-electron chi connectivity index (χ3n) is 2.01. The summed E-state index contributed by atoms with van der Waals surface area (Å²) in [5.41, 5.74) is 1.75. The van der Waals surface area contributed by atoms with Crippen LogP contribution in [0, 0.1) is 0 Å². The lowest BCUT2D eigenvalue weighted by molar-refractivity contribution is 0.416. The second kappa shape index (κ2) is 4.40. The van der Waals surface area contributed by atoms with Crippen molar-refractivity contribution in [1.29, 1.82) is 0 Å². The average Bonchev–Trinajstić information content (AvgIpc) is 2.30. The summed E-state index contributed by atoms with van der Waals surface area (Å²) in [5.74, 6) is 0.800. The minimum Gasteiger partial charge on any atom is -0.496 e. The van der Waals surface area contributed by atoms with Crippen molar-refractivity contribution in [3.05, 3.63) is 41.0 Å². The molecule has 1 heterocycles. The predicted molar refractivity (Wildman–Crippen MR) is 61.7 cm³/mol. The van der Waals surface area contributed by atoms with E-state index in [0.717, 1.165) is 21.6 Å². The molecule has 0 N–H and O–H groups in total. The maximum atomic E-state index is 5.25. The molecule has 0 aliphatic heterocycles. The fourth-order valence-corrected chi connectivity index (χ4v) is 1.53. The largest absolute Gasteiger partial charge is 0.496 e. The van der Waals surface area contributed by atoms with Crippen LogP contribution in [0.2, 0.25) is 0 Å². The second-order valence-electron chi connectivity index (χ2n) is 2.94. The molecule has 0 atom stereocenters. The van der Waals surface area contributed by atoms with E-state index in [4.69, 9.17) is 4.74 Å². The summed E-state index contributed by atoms with van der Waals surface area (Å²) >= 11 is 3.25. The van der Waals surface area contributed by atoms with E-state index in [0.29, 0.717) is 0 Å². The second-order valence-corrected chi connectivity index (χ2v) is 3.75. The number of hydrogen-bond donors (Lipinski definition) is 0. The molecular formula is C11H9BrN2O. The third kappa shape index (κ3) is 2.15. The minimum absolute atomic E-state index is 0.723. The molecule has 0 amide bonds. The molecule has 0 saturated carbocycles. The lowest BCUT2D eigenvalue weighted by Crippen LogP contribution is -1.91. The molecule has 2 aromatic rings. The maximum absolute atomic E-state index is 5.25. The molecular weight excluding hydrogens is 256 g/mol. The van der Waals surface area contributed by atoms with E-state index in [1.54, 1.807) is 7.11 Å². The van der Waals surface area contributed by atoms with Crippen LogP contribution in [0.3, 0.4) is 0 Å². The molecule has 0 spiro atoms. The van der Waals surface area contributed by atoms with Gasteiger partial charge in [-0.2, -0.15) is 0 Å². The van der Waals surface area contributed by atoms with Crippen LogP contribution in [-0.2, 0) is 0 Å². The standard InChI is InChI=1S/C11H9BrN2O/c1-15-10-5-3-2-4-8(10)9-6-7-11(12)14-13-9/h2-7H,1H3. The van der Waals surface area contributed by atoms with Crippen molar-refractivity contribution in [2.75, 3.05) is 7.11 Å². The first-order valence-corrected chi connectivity index (χ1v) is 5.23. The Labute approximate surface area is 96.2 Å². The van der Waals surface area contributed by atoms with Gasteiger partial charge in [0.25, 0.3) is 0 Å². The fraction of sp³-hybridized carbons (Fsp3) is 0.0909. The molecule has 76 valence electrons. The Kier molecular flexibility index (Phi) is 2.97. The molecule has 0 saturated heterocycles. The Hall–Kier alpha value is -1.42. The van der Waals surface area contributed by atoms with Crippen LogP contribution >= 0.6 is 15.9 Å². The molecule has 1 aromatic heterocycles. The first-order chi connectivity index (χ1) is 7.31. The molecule has 15 heavy (non-hydrogen) atoms. The van der Waals surface area contributed by atoms with E-state index in [1.807, 2.05) is 36.4 Å². The fourth-order valence-electron chi connectivity index (χ4n) is 1.32. The molecule has 0 aliphatic carbocycles. The van der Waals surface area contributed by atoms with Crippen molar-refractivity contribution >= 4 is 15.9 Å². The van der Waals surface area contributed by atoms with Gasteiger partial charge in [-0.05, 0) is 40.2 Å². The van der Waals surface area contributed by atoms with Gasteiger partial charge in [0.2, 0.25) is 0 Å². The van der Waals surface area contributed by atoms with Crippen LogP contribution in [-0.4, -0.2) is 17.3 Å². The van der Waals surface area contributed by atoms with Gasteiger partial charge in [-0.3, -0.25) is 0 Å². The highest BCUT2D eigenvalue weighted by Crippen LogP contribution is 2.27. The van der Waals surface area contributed by atoms with Crippen LogP contribution in [0.5, 0.6) is 5.75 Å². The topological polar surface area (TPSA) is 35.0 Å². The van der Waals surface area contributed by atoms with Gasteiger partial charge in [0, 0.05) is 5.56 Å². The zero-order chi connectivity index (χ0) is 10.7. The summed E-state index contributed by atoms with van der Waals surface area (Å²) < 4.78 is 5.97. The number of rotatable bonds is 2. The van der Waals surface area contributed by atoms with Gasteiger partial charge in [-0.15, -0.1) is 10.2 Å². The molecule has 3 nitrogen and oxygen atoms in total. The van der Waals surface area contributed by atoms with E-state index in [1.165, 1.54) is 0 Å². The van der Waals surface area contributed by atoms with Gasteiger partial charge in [-0.25, -0.2) is 0 Å². The number of nitrogens with zero attached hydrogens (tertiary/aromatic N) is 2. The van der Waals surface area contributed by atoms with Gasteiger partial charge in [0.05, 0.1) is 12.8 Å². The van der Waals surface area contributed by atoms with Crippen LogP contribution in [0.4, 0.5) is 0 Å². The van der Waals surface area contributed by atoms with E-state index in [2.05, 4.69) is 26.1 Å². The number of aromatic nitrogens is 2. The van der Waals surface area contributed by atoms with Crippen molar-refractivity contribution in [1.82, 2.24) is 10.2 Å². The van der Waals surface area contributed by atoms with Gasteiger partial charge in [0.1, 0.15) is 10.4 Å². The first kappa shape index (κ1) is 10.1. The van der Waals surface area contributed by atoms with Crippen LogP contribution < -0.4 is 4.74 Å². The highest BCUT2D eigenvalue weighted by molar-refractivity contribution is 9.10. The van der Waals surface area contributed by atoms with Gasteiger partial charge >= 0.3 is 0 Å². The number of para-hydroxylation sites is 1. The normalized spacial score (nSPS) is 10.0. The van der Waals surface area contributed by atoms with Gasteiger partial charge in [-0.1, -0.05) is 12.1 Å². The van der Waals surface area contributed by atoms with E-state index in [9.17, 15) is 0 Å². The smallest absolute Gasteiger partial charge is 0.128 e. The Morgan fingerprint density at radius 1 is 1.07 bits per heavy atom. The number of halogens is 1. The molecule has 1 aromatic carbocycles. The maximum Gasteiger partial charge on any atom is 0.128 e. The van der Waals surface area contributed by atoms with Crippen molar-refractivity contribution in [2.45, 2.75) is 0 Å². The average molecular weight is 265 g/mol. The molecule has 4 heteroatoms. The molecule has 0 aliphatic rings. The van der Waals surface area contributed by atoms with Crippen molar-refractivity contribution in [2.24, 2.45) is 0 Å². The zero-order valence-electron chi connectivity index (χ0n) is 8.14. The molecule has 0 bridgehead atoms. The number of methoxy groups -OCH3 is 1. The Morgan fingerprint density at radius 2 is 1.87 bits per heavy atom. The van der Waals surface area contributed by atoms with Crippen molar-refractivity contribution in [3.8, 4) is 17.0 Å². The molecule has 2 rings (SSSR count). The summed E-state index contributed by atoms with van der Waals surface area (Å²) in [6, 6.07) is 11.5. The molecule has 0 fully saturated rings. The highest BCUT2D eigenvalue weighted by atomic mass is 79.9. The minimum atomic E-state index is 0.723. The van der Waals surface area contributed by atoms with Crippen LogP contribution in [0.15, 0.2) is 41.0 Å². The predicted octanol–water partition coefficient (Wildman–Crippen LogP) is 2.91. The summed E-state index contributed by atoms with van der Waals surface area (Å²) in [6.07, 6.45) is 0. The number of benzene rings is 1. The zero-order valence-corrected chi connectivity index (χ0v) is 9.73. The summed E-state index contributed by atoms with van der Waals surface area (Å²) in [6.45, 7) is 0. The highest BCUT2D eigenvalue weighted by Gasteiger charge is 2.05. The summed E-state index contributed by atoms with van der Waals surface area (Å²) in [7, 11) is 1.64. The van der Waals surface area contributed by atoms with Gasteiger partial charge in [0.15, 0.2) is 0 Å². The van der Waals surface area contributed by atoms with E-state index < -0.39 is 0 Å². The van der Waals surface area contributed by atoms with E-state index >= 15 is 0 Å².